The first-order valence-corrected chi connectivity index (χ1v) is 5.41. The van der Waals surface area contributed by atoms with Crippen LogP contribution in [0.1, 0.15) is 26.2 Å². The van der Waals surface area contributed by atoms with Crippen molar-refractivity contribution in [3.63, 3.8) is 0 Å². The van der Waals surface area contributed by atoms with E-state index in [9.17, 15) is 4.79 Å². The molecule has 0 aromatic carbocycles. The quantitative estimate of drug-likeness (QED) is 0.334. The van der Waals surface area contributed by atoms with Crippen LogP contribution in [-0.2, 0) is 4.79 Å². The zero-order valence-corrected chi connectivity index (χ0v) is 10.0. The zero-order valence-electron chi connectivity index (χ0n) is 8.89. The molecule has 0 heterocycles. The molecule has 2 atom stereocenters. The highest BCUT2D eigenvalue weighted by Crippen LogP contribution is 2.04. The average molecular weight is 217 g/mol. The summed E-state index contributed by atoms with van der Waals surface area (Å²) in [5, 5.41) is 13.2. The van der Waals surface area contributed by atoms with Gasteiger partial charge in [-0.05, 0) is 26.3 Å². The van der Waals surface area contributed by atoms with Crippen LogP contribution in [0.25, 0.3) is 0 Å². The van der Waals surface area contributed by atoms with Gasteiger partial charge in [-0.3, -0.25) is 4.79 Å². The molecule has 0 aliphatic carbocycles. The molecule has 3 N–H and O–H groups in total. The molecule has 0 bridgehead atoms. The topological polar surface area (TPSA) is 65.0 Å². The van der Waals surface area contributed by atoms with Gasteiger partial charge >= 0.3 is 0 Å². The van der Waals surface area contributed by atoms with Crippen LogP contribution in [0, 0.1) is 5.41 Å². The highest BCUT2D eigenvalue weighted by Gasteiger charge is 2.06. The molecule has 14 heavy (non-hydrogen) atoms. The lowest BCUT2D eigenvalue weighted by Gasteiger charge is -2.13. The van der Waals surface area contributed by atoms with Crippen molar-refractivity contribution in [2.24, 2.45) is 0 Å². The molecular formula is C9H20N3OP. The Balaban J connectivity index is 3.42. The number of carbonyl (C=O) groups excluding carboxylic acids is 1. The van der Waals surface area contributed by atoms with E-state index in [0.29, 0.717) is 5.45 Å². The van der Waals surface area contributed by atoms with Crippen LogP contribution in [0.3, 0.4) is 0 Å². The second-order valence-corrected chi connectivity index (χ2v) is 3.90. The van der Waals surface area contributed by atoms with E-state index in [-0.39, 0.29) is 11.9 Å². The van der Waals surface area contributed by atoms with Crippen LogP contribution < -0.4 is 10.6 Å². The van der Waals surface area contributed by atoms with Crippen LogP contribution in [-0.4, -0.2) is 31.0 Å². The third-order valence-electron chi connectivity index (χ3n) is 2.02. The second kappa shape index (κ2) is 7.89. The van der Waals surface area contributed by atoms with Crippen LogP contribution in [0.2, 0.25) is 0 Å². The third-order valence-corrected chi connectivity index (χ3v) is 2.42. The summed E-state index contributed by atoms with van der Waals surface area (Å²) in [5.74, 6) is 0.0222. The van der Waals surface area contributed by atoms with Crippen LogP contribution in [0.15, 0.2) is 0 Å². The molecule has 0 fully saturated rings. The van der Waals surface area contributed by atoms with E-state index in [1.165, 1.54) is 6.92 Å². The van der Waals surface area contributed by atoms with Gasteiger partial charge < -0.3 is 16.0 Å². The maximum absolute atomic E-state index is 10.5. The lowest BCUT2D eigenvalue weighted by atomic mass is 10.1. The van der Waals surface area contributed by atoms with Crippen molar-refractivity contribution in [2.45, 2.75) is 32.2 Å². The van der Waals surface area contributed by atoms with Crippen molar-refractivity contribution in [3.05, 3.63) is 0 Å². The molecule has 0 aliphatic rings. The van der Waals surface area contributed by atoms with Gasteiger partial charge in [-0.2, -0.15) is 0 Å². The summed E-state index contributed by atoms with van der Waals surface area (Å²) in [7, 11) is 4.26. The third kappa shape index (κ3) is 6.98. The summed E-state index contributed by atoms with van der Waals surface area (Å²) in [5.41, 5.74) is 0.590. The van der Waals surface area contributed by atoms with Gasteiger partial charge in [0.25, 0.3) is 0 Å². The number of hydrogen-bond acceptors (Lipinski definition) is 3. The Bertz CT molecular complexity index is 196. The van der Waals surface area contributed by atoms with Crippen molar-refractivity contribution >= 4 is 20.6 Å². The van der Waals surface area contributed by atoms with Crippen molar-refractivity contribution in [1.29, 1.82) is 5.41 Å². The van der Waals surface area contributed by atoms with Crippen molar-refractivity contribution < 1.29 is 4.79 Å². The summed E-state index contributed by atoms with van der Waals surface area (Å²) >= 11 is 0. The Labute approximate surface area is 87.9 Å². The van der Waals surface area contributed by atoms with Gasteiger partial charge in [0.2, 0.25) is 5.91 Å². The number of amides is 1. The lowest BCUT2D eigenvalue weighted by molar-refractivity contribution is -0.118. The number of unbranched alkanes of at least 4 members (excludes halogenated alkanes) is 1. The van der Waals surface area contributed by atoms with E-state index in [1.54, 1.807) is 0 Å². The monoisotopic (exact) mass is 217 g/mol. The predicted octanol–water partition coefficient (Wildman–Crippen LogP) is 0.733. The Morgan fingerprint density at radius 1 is 1.50 bits per heavy atom. The van der Waals surface area contributed by atoms with E-state index in [0.717, 1.165) is 25.8 Å². The Morgan fingerprint density at radius 2 is 2.14 bits per heavy atom. The predicted molar refractivity (Wildman–Crippen MR) is 62.8 cm³/mol. The summed E-state index contributed by atoms with van der Waals surface area (Å²) < 4.78 is 0. The summed E-state index contributed by atoms with van der Waals surface area (Å²) in [4.78, 5) is 10.5. The minimum absolute atomic E-state index is 0.0222. The van der Waals surface area contributed by atoms with Gasteiger partial charge in [-0.25, -0.2) is 0 Å². The highest BCUT2D eigenvalue weighted by atomic mass is 31.0. The van der Waals surface area contributed by atoms with Gasteiger partial charge in [-0.15, -0.1) is 0 Å². The molecule has 0 spiro atoms. The molecule has 0 aromatic heterocycles. The fourth-order valence-electron chi connectivity index (χ4n) is 1.19. The first-order valence-electron chi connectivity index (χ1n) is 4.83. The van der Waals surface area contributed by atoms with Gasteiger partial charge in [0.05, 0.1) is 0 Å². The van der Waals surface area contributed by atoms with Crippen molar-refractivity contribution in [2.75, 3.05) is 13.6 Å². The molecule has 2 unspecified atom stereocenters. The molecule has 0 saturated carbocycles. The van der Waals surface area contributed by atoms with Crippen molar-refractivity contribution in [1.82, 2.24) is 10.6 Å². The fourth-order valence-corrected chi connectivity index (χ4v) is 1.53. The largest absolute Gasteiger partial charge is 0.356 e. The summed E-state index contributed by atoms with van der Waals surface area (Å²) in [6, 6.07) is 0.150. The highest BCUT2D eigenvalue weighted by molar-refractivity contribution is 7.40. The molecule has 0 rings (SSSR count). The van der Waals surface area contributed by atoms with Gasteiger partial charge in [0.15, 0.2) is 0 Å². The zero-order chi connectivity index (χ0) is 11.0. The Morgan fingerprint density at radius 3 is 2.57 bits per heavy atom. The lowest BCUT2D eigenvalue weighted by Crippen LogP contribution is -2.30. The first-order chi connectivity index (χ1) is 6.57. The standard InChI is InChI=1S/C9H20N3OP/c1-7(13)12-6-4-3-5-8(11-2)9(10)14/h8,10-11H,3-6,14H2,1-2H3,(H,12,13). The van der Waals surface area contributed by atoms with E-state index in [2.05, 4.69) is 19.9 Å². The minimum Gasteiger partial charge on any atom is -0.356 e. The minimum atomic E-state index is 0.0222. The van der Waals surface area contributed by atoms with Crippen LogP contribution in [0.5, 0.6) is 0 Å². The maximum atomic E-state index is 10.5. The summed E-state index contributed by atoms with van der Waals surface area (Å²) in [6.07, 6.45) is 2.93. The molecule has 0 radical (unpaired) electrons. The number of hydrogen-bond donors (Lipinski definition) is 3. The van der Waals surface area contributed by atoms with Crippen molar-refractivity contribution in [3.8, 4) is 0 Å². The van der Waals surface area contributed by atoms with E-state index >= 15 is 0 Å². The molecule has 0 saturated heterocycles. The number of rotatable bonds is 7. The van der Waals surface area contributed by atoms with Gasteiger partial charge in [-0.1, -0.05) is 9.24 Å². The number of carbonyl (C=O) groups is 1. The normalized spacial score (nSPS) is 12.2. The molecular weight excluding hydrogens is 197 g/mol. The SMILES string of the molecule is CNC(CCCCNC(C)=O)C(=N)P. The first kappa shape index (κ1) is 13.5. The average Bonchev–Trinajstić information content (AvgIpc) is 2.10. The van der Waals surface area contributed by atoms with Gasteiger partial charge in [0, 0.05) is 25.0 Å². The molecule has 5 heteroatoms. The Kier molecular flexibility index (Phi) is 7.63. The Hall–Kier alpha value is -0.470. The summed E-state index contributed by atoms with van der Waals surface area (Å²) in [6.45, 7) is 2.25. The molecule has 0 aromatic rings. The number of nitrogens with one attached hydrogen (secondary N) is 3. The molecule has 4 nitrogen and oxygen atoms in total. The second-order valence-electron chi connectivity index (χ2n) is 3.28. The fraction of sp³-hybridized carbons (Fsp3) is 0.778. The maximum Gasteiger partial charge on any atom is 0.216 e. The van der Waals surface area contributed by atoms with E-state index in [4.69, 9.17) is 5.41 Å². The van der Waals surface area contributed by atoms with Crippen LogP contribution >= 0.6 is 9.24 Å². The molecule has 82 valence electrons. The van der Waals surface area contributed by atoms with E-state index < -0.39 is 0 Å². The van der Waals surface area contributed by atoms with Crippen LogP contribution in [0.4, 0.5) is 0 Å². The van der Waals surface area contributed by atoms with E-state index in [1.807, 2.05) is 7.05 Å². The molecule has 0 aliphatic heterocycles. The smallest absolute Gasteiger partial charge is 0.216 e. The molecule has 1 amide bonds. The van der Waals surface area contributed by atoms with Gasteiger partial charge in [0.1, 0.15) is 0 Å².